The molecule has 3 heterocycles. The predicted molar refractivity (Wildman–Crippen MR) is 82.5 cm³/mol. The number of ether oxygens (including phenoxy) is 1. The van der Waals surface area contributed by atoms with E-state index < -0.39 is 0 Å². The molecule has 0 radical (unpaired) electrons. The van der Waals surface area contributed by atoms with E-state index in [2.05, 4.69) is 31.7 Å². The lowest BCUT2D eigenvalue weighted by molar-refractivity contribution is 0.122. The van der Waals surface area contributed by atoms with Gasteiger partial charge in [0.2, 0.25) is 17.8 Å². The van der Waals surface area contributed by atoms with Crippen LogP contribution in [0.15, 0.2) is 0 Å². The van der Waals surface area contributed by atoms with E-state index in [1.165, 1.54) is 19.3 Å². The molecule has 0 spiro atoms. The molecule has 2 N–H and O–H groups in total. The third-order valence-electron chi connectivity index (χ3n) is 4.22. The molecule has 0 amide bonds. The molecule has 2 saturated heterocycles. The molecule has 1 unspecified atom stereocenters. The first-order valence-corrected chi connectivity index (χ1v) is 7.81. The summed E-state index contributed by atoms with van der Waals surface area (Å²) in [6, 6.07) is 0. The lowest BCUT2D eigenvalue weighted by Crippen LogP contribution is -2.38. The van der Waals surface area contributed by atoms with E-state index >= 15 is 0 Å². The molecular formula is C14H24N6O. The first-order valence-electron chi connectivity index (χ1n) is 7.81. The minimum absolute atomic E-state index is 0.304. The molecule has 2 aliphatic heterocycles. The molecule has 0 aliphatic carbocycles. The van der Waals surface area contributed by atoms with Crippen LogP contribution in [0, 0.1) is 5.92 Å². The van der Waals surface area contributed by atoms with Crippen molar-refractivity contribution in [3.8, 4) is 0 Å². The maximum absolute atomic E-state index is 5.89. The molecule has 2 aliphatic rings. The molecule has 0 bridgehead atoms. The molecule has 0 aromatic carbocycles. The highest BCUT2D eigenvalue weighted by Gasteiger charge is 2.20. The number of morpholine rings is 1. The van der Waals surface area contributed by atoms with Gasteiger partial charge in [-0.1, -0.05) is 6.92 Å². The van der Waals surface area contributed by atoms with Crippen LogP contribution >= 0.6 is 0 Å². The maximum atomic E-state index is 5.89. The van der Waals surface area contributed by atoms with Crippen molar-refractivity contribution in [3.05, 3.63) is 0 Å². The van der Waals surface area contributed by atoms with Gasteiger partial charge >= 0.3 is 0 Å². The summed E-state index contributed by atoms with van der Waals surface area (Å²) in [6.07, 6.45) is 3.63. The Morgan fingerprint density at radius 3 is 2.33 bits per heavy atom. The smallest absolute Gasteiger partial charge is 0.232 e. The van der Waals surface area contributed by atoms with Crippen LogP contribution in [0.1, 0.15) is 26.2 Å². The Labute approximate surface area is 125 Å². The van der Waals surface area contributed by atoms with E-state index in [9.17, 15) is 0 Å². The fourth-order valence-corrected chi connectivity index (χ4v) is 2.88. The number of anilines is 3. The highest BCUT2D eigenvalue weighted by atomic mass is 16.5. The Hall–Kier alpha value is -1.63. The number of nitrogens with zero attached hydrogens (tertiary/aromatic N) is 5. The Balaban J connectivity index is 1.79. The first-order chi connectivity index (χ1) is 10.2. The summed E-state index contributed by atoms with van der Waals surface area (Å²) in [4.78, 5) is 17.6. The van der Waals surface area contributed by atoms with Gasteiger partial charge in [-0.25, -0.2) is 0 Å². The Bertz CT molecular complexity index is 477. The van der Waals surface area contributed by atoms with Gasteiger partial charge in [0.05, 0.1) is 13.2 Å². The number of hydrogen-bond donors (Lipinski definition) is 1. The minimum Gasteiger partial charge on any atom is -0.378 e. The van der Waals surface area contributed by atoms with Gasteiger partial charge in [-0.05, 0) is 25.2 Å². The summed E-state index contributed by atoms with van der Waals surface area (Å²) < 4.78 is 5.37. The van der Waals surface area contributed by atoms with Crippen molar-refractivity contribution >= 4 is 17.8 Å². The minimum atomic E-state index is 0.304. The number of aromatic nitrogens is 3. The molecule has 1 atom stereocenters. The number of nitrogen functional groups attached to an aromatic ring is 1. The van der Waals surface area contributed by atoms with Crippen LogP contribution in [0.2, 0.25) is 0 Å². The Morgan fingerprint density at radius 1 is 0.952 bits per heavy atom. The molecule has 7 nitrogen and oxygen atoms in total. The molecule has 21 heavy (non-hydrogen) atoms. The van der Waals surface area contributed by atoms with Crippen molar-refractivity contribution in [2.24, 2.45) is 5.92 Å². The van der Waals surface area contributed by atoms with Crippen LogP contribution < -0.4 is 15.5 Å². The first kappa shape index (κ1) is 14.3. The van der Waals surface area contributed by atoms with Crippen LogP contribution in [-0.4, -0.2) is 54.3 Å². The van der Waals surface area contributed by atoms with Crippen LogP contribution in [0.4, 0.5) is 17.8 Å². The third kappa shape index (κ3) is 3.53. The van der Waals surface area contributed by atoms with Gasteiger partial charge in [-0.3, -0.25) is 0 Å². The van der Waals surface area contributed by atoms with E-state index in [4.69, 9.17) is 10.5 Å². The van der Waals surface area contributed by atoms with E-state index in [1.807, 2.05) is 0 Å². The van der Waals surface area contributed by atoms with Gasteiger partial charge in [0, 0.05) is 26.2 Å². The monoisotopic (exact) mass is 292 g/mol. The van der Waals surface area contributed by atoms with Crippen molar-refractivity contribution in [3.63, 3.8) is 0 Å². The molecule has 0 saturated carbocycles. The zero-order chi connectivity index (χ0) is 14.7. The van der Waals surface area contributed by atoms with E-state index in [0.717, 1.165) is 38.0 Å². The van der Waals surface area contributed by atoms with Gasteiger partial charge in [-0.15, -0.1) is 0 Å². The number of nitrogens with two attached hydrogens (primary N) is 1. The zero-order valence-corrected chi connectivity index (χ0v) is 12.7. The summed E-state index contributed by atoms with van der Waals surface area (Å²) >= 11 is 0. The SMILES string of the molecule is CC1CCCN(c2nc(N)nc(N3CCOCC3)n2)CC1. The lowest BCUT2D eigenvalue weighted by atomic mass is 10.0. The average molecular weight is 292 g/mol. The summed E-state index contributed by atoms with van der Waals surface area (Å²) in [5.41, 5.74) is 5.89. The van der Waals surface area contributed by atoms with E-state index in [1.54, 1.807) is 0 Å². The van der Waals surface area contributed by atoms with Gasteiger partial charge in [0.15, 0.2) is 0 Å². The van der Waals surface area contributed by atoms with Crippen molar-refractivity contribution in [1.82, 2.24) is 15.0 Å². The Morgan fingerprint density at radius 2 is 1.62 bits per heavy atom. The summed E-state index contributed by atoms with van der Waals surface area (Å²) in [6.45, 7) is 7.33. The van der Waals surface area contributed by atoms with Crippen LogP contribution in [0.3, 0.4) is 0 Å². The van der Waals surface area contributed by atoms with Crippen LogP contribution in [0.25, 0.3) is 0 Å². The molecule has 2 fully saturated rings. The second-order valence-electron chi connectivity index (χ2n) is 5.92. The van der Waals surface area contributed by atoms with Gasteiger partial charge in [-0.2, -0.15) is 15.0 Å². The summed E-state index contributed by atoms with van der Waals surface area (Å²) in [7, 11) is 0. The maximum Gasteiger partial charge on any atom is 0.232 e. The van der Waals surface area contributed by atoms with Gasteiger partial charge < -0.3 is 20.3 Å². The molecule has 3 rings (SSSR count). The van der Waals surface area contributed by atoms with Crippen LogP contribution in [0.5, 0.6) is 0 Å². The molecule has 7 heteroatoms. The van der Waals surface area contributed by atoms with Crippen molar-refractivity contribution in [1.29, 1.82) is 0 Å². The second kappa shape index (κ2) is 6.43. The van der Waals surface area contributed by atoms with Crippen molar-refractivity contribution in [2.75, 3.05) is 54.9 Å². The van der Waals surface area contributed by atoms with Crippen LogP contribution in [-0.2, 0) is 4.74 Å². The fourth-order valence-electron chi connectivity index (χ4n) is 2.88. The predicted octanol–water partition coefficient (Wildman–Crippen LogP) is 0.917. The standard InChI is InChI=1S/C14H24N6O/c1-11-3-2-5-19(6-4-11)13-16-12(15)17-14(18-13)20-7-9-21-10-8-20/h11H,2-10H2,1H3,(H2,15,16,17,18). The number of rotatable bonds is 2. The fraction of sp³-hybridized carbons (Fsp3) is 0.786. The topological polar surface area (TPSA) is 80.4 Å². The second-order valence-corrected chi connectivity index (χ2v) is 5.92. The molecule has 1 aromatic rings. The zero-order valence-electron chi connectivity index (χ0n) is 12.7. The van der Waals surface area contributed by atoms with Gasteiger partial charge in [0.25, 0.3) is 0 Å². The summed E-state index contributed by atoms with van der Waals surface area (Å²) in [5.74, 6) is 2.47. The Kier molecular flexibility index (Phi) is 4.38. The third-order valence-corrected chi connectivity index (χ3v) is 4.22. The highest BCUT2D eigenvalue weighted by Crippen LogP contribution is 2.22. The number of hydrogen-bond acceptors (Lipinski definition) is 7. The van der Waals surface area contributed by atoms with Crippen molar-refractivity contribution in [2.45, 2.75) is 26.2 Å². The average Bonchev–Trinajstić information content (AvgIpc) is 2.72. The quantitative estimate of drug-likeness (QED) is 0.868. The largest absolute Gasteiger partial charge is 0.378 e. The molecule has 116 valence electrons. The molecular weight excluding hydrogens is 268 g/mol. The molecule has 1 aromatic heterocycles. The van der Waals surface area contributed by atoms with Gasteiger partial charge in [0.1, 0.15) is 0 Å². The van der Waals surface area contributed by atoms with E-state index in [0.29, 0.717) is 25.1 Å². The van der Waals surface area contributed by atoms with Crippen molar-refractivity contribution < 1.29 is 4.74 Å². The normalized spacial score (nSPS) is 24.0. The summed E-state index contributed by atoms with van der Waals surface area (Å²) in [5, 5.41) is 0. The lowest BCUT2D eigenvalue weighted by Gasteiger charge is -2.28. The highest BCUT2D eigenvalue weighted by molar-refractivity contribution is 5.43. The van der Waals surface area contributed by atoms with E-state index in [-0.39, 0.29) is 0 Å².